The van der Waals surface area contributed by atoms with E-state index in [0.717, 1.165) is 12.8 Å². The molecule has 0 spiro atoms. The maximum Gasteiger partial charge on any atom is 0.257 e. The number of nitrogens with zero attached hydrogens (tertiary/aromatic N) is 2. The van der Waals surface area contributed by atoms with Crippen LogP contribution in [0.3, 0.4) is 0 Å². The molecule has 1 amide bonds. The molecule has 1 aromatic heterocycles. The molecule has 0 saturated heterocycles. The fourth-order valence-corrected chi connectivity index (χ4v) is 1.93. The van der Waals surface area contributed by atoms with E-state index in [1.165, 1.54) is 12.6 Å². The molecule has 1 aliphatic carbocycles. The lowest BCUT2D eigenvalue weighted by Gasteiger charge is -2.34. The minimum absolute atomic E-state index is 0.102. The van der Waals surface area contributed by atoms with Gasteiger partial charge in [0.1, 0.15) is 5.15 Å². The average Bonchev–Trinajstić information content (AvgIpc) is 2.18. The lowest BCUT2D eigenvalue weighted by atomic mass is 9.91. The van der Waals surface area contributed by atoms with Crippen molar-refractivity contribution in [3.05, 3.63) is 23.0 Å². The summed E-state index contributed by atoms with van der Waals surface area (Å²) in [5.41, 5.74) is 6.43. The highest BCUT2D eigenvalue weighted by Gasteiger charge is 2.27. The molecular weight excluding hydrogens is 226 g/mol. The maximum absolute atomic E-state index is 12.1. The van der Waals surface area contributed by atoms with E-state index in [0.29, 0.717) is 17.3 Å². The molecule has 2 N–H and O–H groups in total. The summed E-state index contributed by atoms with van der Waals surface area (Å²) < 4.78 is 0. The van der Waals surface area contributed by atoms with E-state index in [4.69, 9.17) is 17.3 Å². The first kappa shape index (κ1) is 11.2. The van der Waals surface area contributed by atoms with E-state index >= 15 is 0 Å². The second-order valence-corrected chi connectivity index (χ2v) is 4.47. The van der Waals surface area contributed by atoms with Crippen LogP contribution in [0.5, 0.6) is 0 Å². The number of amides is 1. The minimum Gasteiger partial charge on any atom is -0.397 e. The molecule has 0 aromatic carbocycles. The van der Waals surface area contributed by atoms with Crippen molar-refractivity contribution in [2.24, 2.45) is 0 Å². The number of rotatable bonds is 2. The van der Waals surface area contributed by atoms with Crippen molar-refractivity contribution in [2.75, 3.05) is 12.8 Å². The number of nitrogens with two attached hydrogens (primary N) is 1. The molecule has 1 fully saturated rings. The predicted octanol–water partition coefficient (Wildman–Crippen LogP) is 1.94. The summed E-state index contributed by atoms with van der Waals surface area (Å²) in [7, 11) is 1.80. The Labute approximate surface area is 99.4 Å². The van der Waals surface area contributed by atoms with Crippen LogP contribution in [0.15, 0.2) is 12.3 Å². The van der Waals surface area contributed by atoms with Crippen molar-refractivity contribution in [1.29, 1.82) is 0 Å². The van der Waals surface area contributed by atoms with Gasteiger partial charge in [0, 0.05) is 13.1 Å². The second kappa shape index (κ2) is 4.29. The zero-order chi connectivity index (χ0) is 11.7. The maximum atomic E-state index is 12.1. The van der Waals surface area contributed by atoms with Crippen LogP contribution in [0, 0.1) is 0 Å². The highest BCUT2D eigenvalue weighted by molar-refractivity contribution is 6.32. The molecule has 0 atom stereocenters. The molecule has 86 valence electrons. The number of carbonyl (C=O) groups excluding carboxylic acids is 1. The van der Waals surface area contributed by atoms with Gasteiger partial charge in [-0.3, -0.25) is 4.79 Å². The van der Waals surface area contributed by atoms with Crippen molar-refractivity contribution in [3.63, 3.8) is 0 Å². The van der Waals surface area contributed by atoms with Gasteiger partial charge in [-0.1, -0.05) is 11.6 Å². The average molecular weight is 240 g/mol. The number of anilines is 1. The summed E-state index contributed by atoms with van der Waals surface area (Å²) in [5, 5.41) is 0.213. The lowest BCUT2D eigenvalue weighted by molar-refractivity contribution is 0.0652. The molecule has 0 unspecified atom stereocenters. The Kier molecular flexibility index (Phi) is 3.01. The van der Waals surface area contributed by atoms with Gasteiger partial charge in [0.25, 0.3) is 5.91 Å². The van der Waals surface area contributed by atoms with Gasteiger partial charge in [-0.05, 0) is 25.3 Å². The van der Waals surface area contributed by atoms with Crippen molar-refractivity contribution in [1.82, 2.24) is 9.88 Å². The molecule has 5 heteroatoms. The summed E-state index contributed by atoms with van der Waals surface area (Å²) in [6.07, 6.45) is 4.76. The van der Waals surface area contributed by atoms with Crippen molar-refractivity contribution < 1.29 is 4.79 Å². The van der Waals surface area contributed by atoms with Gasteiger partial charge in [0.05, 0.1) is 17.4 Å². The predicted molar refractivity (Wildman–Crippen MR) is 63.4 cm³/mol. The zero-order valence-corrected chi connectivity index (χ0v) is 9.87. The fourth-order valence-electron chi connectivity index (χ4n) is 1.74. The van der Waals surface area contributed by atoms with Crippen LogP contribution in [0.4, 0.5) is 5.69 Å². The zero-order valence-electron chi connectivity index (χ0n) is 9.11. The van der Waals surface area contributed by atoms with Crippen molar-refractivity contribution in [3.8, 4) is 0 Å². The summed E-state index contributed by atoms with van der Waals surface area (Å²) >= 11 is 5.89. The fraction of sp³-hybridized carbons (Fsp3) is 0.455. The second-order valence-electron chi connectivity index (χ2n) is 4.11. The highest BCUT2D eigenvalue weighted by Crippen LogP contribution is 2.26. The SMILES string of the molecule is CN(C(=O)c1cc(N)cnc1Cl)C1CCC1. The van der Waals surface area contributed by atoms with Gasteiger partial charge >= 0.3 is 0 Å². The molecule has 1 heterocycles. The van der Waals surface area contributed by atoms with E-state index in [2.05, 4.69) is 4.98 Å². The normalized spacial score (nSPS) is 15.6. The van der Waals surface area contributed by atoms with Crippen LogP contribution in [0.2, 0.25) is 5.15 Å². The number of aromatic nitrogens is 1. The Hall–Kier alpha value is -1.29. The molecule has 2 rings (SSSR count). The van der Waals surface area contributed by atoms with E-state index < -0.39 is 0 Å². The largest absolute Gasteiger partial charge is 0.397 e. The highest BCUT2D eigenvalue weighted by atomic mass is 35.5. The quantitative estimate of drug-likeness (QED) is 0.803. The van der Waals surface area contributed by atoms with Gasteiger partial charge in [-0.2, -0.15) is 0 Å². The minimum atomic E-state index is -0.102. The van der Waals surface area contributed by atoms with Gasteiger partial charge in [-0.25, -0.2) is 4.98 Å². The molecule has 4 nitrogen and oxygen atoms in total. The van der Waals surface area contributed by atoms with E-state index in [1.54, 1.807) is 18.0 Å². The monoisotopic (exact) mass is 239 g/mol. The number of hydrogen-bond donors (Lipinski definition) is 1. The third-order valence-electron chi connectivity index (χ3n) is 3.03. The van der Waals surface area contributed by atoms with Crippen LogP contribution in [0.25, 0.3) is 0 Å². The van der Waals surface area contributed by atoms with Gasteiger partial charge < -0.3 is 10.6 Å². The molecule has 0 bridgehead atoms. The lowest BCUT2D eigenvalue weighted by Crippen LogP contribution is -2.41. The first-order valence-electron chi connectivity index (χ1n) is 5.28. The van der Waals surface area contributed by atoms with Gasteiger partial charge in [0.15, 0.2) is 0 Å². The van der Waals surface area contributed by atoms with Gasteiger partial charge in [-0.15, -0.1) is 0 Å². The van der Waals surface area contributed by atoms with Crippen LogP contribution >= 0.6 is 11.6 Å². The van der Waals surface area contributed by atoms with Crippen LogP contribution in [0.1, 0.15) is 29.6 Å². The first-order chi connectivity index (χ1) is 7.59. The number of pyridine rings is 1. The first-order valence-corrected chi connectivity index (χ1v) is 5.65. The topological polar surface area (TPSA) is 59.2 Å². The third kappa shape index (κ3) is 1.97. The third-order valence-corrected chi connectivity index (χ3v) is 3.33. The Morgan fingerprint density at radius 1 is 1.62 bits per heavy atom. The summed E-state index contributed by atoms with van der Waals surface area (Å²) in [6.45, 7) is 0. The Bertz CT molecular complexity index is 418. The van der Waals surface area contributed by atoms with E-state index in [-0.39, 0.29) is 11.1 Å². The van der Waals surface area contributed by atoms with Gasteiger partial charge in [0.2, 0.25) is 0 Å². The number of hydrogen-bond acceptors (Lipinski definition) is 3. The number of carbonyl (C=O) groups is 1. The molecule has 0 radical (unpaired) electrons. The molecule has 1 saturated carbocycles. The van der Waals surface area contributed by atoms with Crippen molar-refractivity contribution in [2.45, 2.75) is 25.3 Å². The summed E-state index contributed by atoms with van der Waals surface area (Å²) in [6, 6.07) is 1.91. The number of nitrogen functional groups attached to an aromatic ring is 1. The van der Waals surface area contributed by atoms with Crippen LogP contribution in [-0.4, -0.2) is 28.9 Å². The van der Waals surface area contributed by atoms with Crippen LogP contribution < -0.4 is 5.73 Å². The molecule has 1 aromatic rings. The van der Waals surface area contributed by atoms with E-state index in [9.17, 15) is 4.79 Å². The van der Waals surface area contributed by atoms with Crippen LogP contribution in [-0.2, 0) is 0 Å². The number of halogens is 1. The molecular formula is C11H14ClN3O. The standard InChI is InChI=1S/C11H14ClN3O/c1-15(8-3-2-4-8)11(16)9-5-7(13)6-14-10(9)12/h5-6,8H,2-4,13H2,1H3. The Balaban J connectivity index is 2.22. The Morgan fingerprint density at radius 2 is 2.31 bits per heavy atom. The summed E-state index contributed by atoms with van der Waals surface area (Å²) in [5.74, 6) is -0.102. The smallest absolute Gasteiger partial charge is 0.257 e. The summed E-state index contributed by atoms with van der Waals surface area (Å²) in [4.78, 5) is 17.7. The Morgan fingerprint density at radius 3 is 2.88 bits per heavy atom. The molecule has 16 heavy (non-hydrogen) atoms. The molecule has 0 aliphatic heterocycles. The molecule has 1 aliphatic rings. The van der Waals surface area contributed by atoms with E-state index in [1.807, 2.05) is 0 Å². The van der Waals surface area contributed by atoms with Crippen molar-refractivity contribution >= 4 is 23.2 Å².